The van der Waals surface area contributed by atoms with E-state index in [0.29, 0.717) is 12.6 Å². The van der Waals surface area contributed by atoms with Gasteiger partial charge in [0.15, 0.2) is 0 Å². The van der Waals surface area contributed by atoms with Crippen molar-refractivity contribution < 1.29 is 5.11 Å². The van der Waals surface area contributed by atoms with Gasteiger partial charge in [0.05, 0.1) is 0 Å². The van der Waals surface area contributed by atoms with Gasteiger partial charge in [0.2, 0.25) is 0 Å². The number of nitrogens with zero attached hydrogens (tertiary/aromatic N) is 2. The van der Waals surface area contributed by atoms with Crippen LogP contribution in [0.2, 0.25) is 5.02 Å². The van der Waals surface area contributed by atoms with Gasteiger partial charge in [-0.3, -0.25) is 9.80 Å². The second kappa shape index (κ2) is 7.78. The van der Waals surface area contributed by atoms with Crippen LogP contribution in [0.4, 0.5) is 0 Å². The monoisotopic (exact) mass is 322 g/mol. The van der Waals surface area contributed by atoms with Crippen LogP contribution >= 0.6 is 11.6 Å². The van der Waals surface area contributed by atoms with Crippen LogP contribution in [0.15, 0.2) is 24.3 Å². The molecule has 122 valence electrons. The summed E-state index contributed by atoms with van der Waals surface area (Å²) in [6.07, 6.45) is 6.34. The summed E-state index contributed by atoms with van der Waals surface area (Å²) in [5.41, 5.74) is 1.32. The molecule has 1 N–H and O–H groups in total. The van der Waals surface area contributed by atoms with Crippen molar-refractivity contribution in [3.63, 3.8) is 0 Å². The average molecular weight is 323 g/mol. The van der Waals surface area contributed by atoms with Gasteiger partial charge in [0.1, 0.15) is 0 Å². The molecular weight excluding hydrogens is 296 g/mol. The third-order valence-corrected chi connectivity index (χ3v) is 5.44. The lowest BCUT2D eigenvalue weighted by Gasteiger charge is -2.44. The molecule has 1 aliphatic carbocycles. The summed E-state index contributed by atoms with van der Waals surface area (Å²) in [4.78, 5) is 5.20. The van der Waals surface area contributed by atoms with Gasteiger partial charge in [-0.05, 0) is 37.0 Å². The van der Waals surface area contributed by atoms with Crippen LogP contribution in [0.3, 0.4) is 0 Å². The fourth-order valence-corrected chi connectivity index (χ4v) is 4.17. The highest BCUT2D eigenvalue weighted by atomic mass is 35.5. The van der Waals surface area contributed by atoms with E-state index in [1.807, 2.05) is 12.1 Å². The molecule has 0 bridgehead atoms. The highest BCUT2D eigenvalue weighted by Crippen LogP contribution is 2.28. The van der Waals surface area contributed by atoms with Crippen molar-refractivity contribution >= 4 is 11.6 Å². The van der Waals surface area contributed by atoms with Crippen molar-refractivity contribution in [1.82, 2.24) is 9.80 Å². The first-order chi connectivity index (χ1) is 10.8. The standard InChI is InChI=1S/C18H27ClN2O/c19-16-7-5-15(6-8-16)13-20-10-11-21(17-3-1-2-4-17)18(14-20)9-12-22/h5-8,17-18,22H,1-4,9-14H2/t18-/m0/s1. The third kappa shape index (κ3) is 4.02. The molecule has 1 aromatic carbocycles. The number of benzene rings is 1. The Kier molecular flexibility index (Phi) is 5.75. The molecule has 22 heavy (non-hydrogen) atoms. The molecule has 1 saturated carbocycles. The normalized spacial score (nSPS) is 24.9. The van der Waals surface area contributed by atoms with Crippen LogP contribution in [-0.2, 0) is 6.54 Å². The maximum Gasteiger partial charge on any atom is 0.0446 e. The van der Waals surface area contributed by atoms with Gasteiger partial charge >= 0.3 is 0 Å². The van der Waals surface area contributed by atoms with Crippen LogP contribution in [0.1, 0.15) is 37.7 Å². The van der Waals surface area contributed by atoms with Gasteiger partial charge in [-0.25, -0.2) is 0 Å². The number of aliphatic hydroxyl groups is 1. The van der Waals surface area contributed by atoms with Crippen molar-refractivity contribution in [2.75, 3.05) is 26.2 Å². The molecule has 0 amide bonds. The number of hydrogen-bond acceptors (Lipinski definition) is 3. The predicted octanol–water partition coefficient (Wildman–Crippen LogP) is 3.15. The van der Waals surface area contributed by atoms with Gasteiger partial charge in [0.25, 0.3) is 0 Å². The third-order valence-electron chi connectivity index (χ3n) is 5.19. The Morgan fingerprint density at radius 1 is 1.09 bits per heavy atom. The highest BCUT2D eigenvalue weighted by Gasteiger charge is 2.32. The zero-order chi connectivity index (χ0) is 15.4. The summed E-state index contributed by atoms with van der Waals surface area (Å²) in [6, 6.07) is 9.44. The lowest BCUT2D eigenvalue weighted by molar-refractivity contribution is 0.0267. The highest BCUT2D eigenvalue weighted by molar-refractivity contribution is 6.30. The van der Waals surface area contributed by atoms with Crippen molar-refractivity contribution in [3.8, 4) is 0 Å². The molecule has 2 aliphatic rings. The van der Waals surface area contributed by atoms with Gasteiger partial charge in [-0.15, -0.1) is 0 Å². The van der Waals surface area contributed by atoms with E-state index in [1.165, 1.54) is 31.2 Å². The maximum atomic E-state index is 9.43. The SMILES string of the molecule is OCC[C@H]1CN(Cc2ccc(Cl)cc2)CCN1C1CCCC1. The second-order valence-corrected chi connectivity index (χ2v) is 7.14. The number of rotatable bonds is 5. The van der Waals surface area contributed by atoms with E-state index in [2.05, 4.69) is 21.9 Å². The zero-order valence-corrected chi connectivity index (χ0v) is 14.0. The van der Waals surface area contributed by atoms with Gasteiger partial charge in [-0.2, -0.15) is 0 Å². The Bertz CT molecular complexity index is 459. The first-order valence-corrected chi connectivity index (χ1v) is 8.97. The van der Waals surface area contributed by atoms with Crippen LogP contribution in [0.5, 0.6) is 0 Å². The Morgan fingerprint density at radius 3 is 2.50 bits per heavy atom. The van der Waals surface area contributed by atoms with Crippen LogP contribution in [0.25, 0.3) is 0 Å². The first kappa shape index (κ1) is 16.3. The number of halogens is 1. The Balaban J connectivity index is 1.60. The fourth-order valence-electron chi connectivity index (χ4n) is 4.05. The van der Waals surface area contributed by atoms with Gasteiger partial charge in [0, 0.05) is 49.9 Å². The molecule has 1 saturated heterocycles. The number of aliphatic hydroxyl groups excluding tert-OH is 1. The zero-order valence-electron chi connectivity index (χ0n) is 13.3. The minimum Gasteiger partial charge on any atom is -0.396 e. The van der Waals surface area contributed by atoms with E-state index in [9.17, 15) is 5.11 Å². The average Bonchev–Trinajstić information content (AvgIpc) is 3.04. The summed E-state index contributed by atoms with van der Waals surface area (Å²) in [5, 5.41) is 10.2. The molecule has 0 radical (unpaired) electrons. The molecule has 3 nitrogen and oxygen atoms in total. The molecule has 3 rings (SSSR count). The molecule has 1 aliphatic heterocycles. The van der Waals surface area contributed by atoms with E-state index in [0.717, 1.165) is 43.7 Å². The van der Waals surface area contributed by atoms with E-state index in [-0.39, 0.29) is 0 Å². The Hall–Kier alpha value is -0.610. The van der Waals surface area contributed by atoms with E-state index in [1.54, 1.807) is 0 Å². The summed E-state index contributed by atoms with van der Waals surface area (Å²) in [5.74, 6) is 0. The quantitative estimate of drug-likeness (QED) is 0.902. The largest absolute Gasteiger partial charge is 0.396 e. The molecule has 0 spiro atoms. The van der Waals surface area contributed by atoms with E-state index >= 15 is 0 Å². The second-order valence-electron chi connectivity index (χ2n) is 6.70. The van der Waals surface area contributed by atoms with Crippen LogP contribution in [0, 0.1) is 0 Å². The maximum absolute atomic E-state index is 9.43. The molecule has 0 aromatic heterocycles. The molecule has 1 atom stereocenters. The molecular formula is C18H27ClN2O. The van der Waals surface area contributed by atoms with E-state index < -0.39 is 0 Å². The fraction of sp³-hybridized carbons (Fsp3) is 0.667. The number of hydrogen-bond donors (Lipinski definition) is 1. The topological polar surface area (TPSA) is 26.7 Å². The summed E-state index contributed by atoms with van der Waals surface area (Å²) < 4.78 is 0. The van der Waals surface area contributed by atoms with Gasteiger partial charge < -0.3 is 5.11 Å². The molecule has 2 fully saturated rings. The summed E-state index contributed by atoms with van der Waals surface area (Å²) in [6.45, 7) is 4.62. The Morgan fingerprint density at radius 2 is 1.82 bits per heavy atom. The van der Waals surface area contributed by atoms with Crippen molar-refractivity contribution in [2.24, 2.45) is 0 Å². The minimum atomic E-state index is 0.294. The molecule has 1 heterocycles. The minimum absolute atomic E-state index is 0.294. The molecule has 1 aromatic rings. The van der Waals surface area contributed by atoms with Crippen molar-refractivity contribution in [2.45, 2.75) is 50.7 Å². The predicted molar refractivity (Wildman–Crippen MR) is 91.2 cm³/mol. The number of piperazine rings is 1. The van der Waals surface area contributed by atoms with Crippen molar-refractivity contribution in [3.05, 3.63) is 34.9 Å². The Labute approximate surface area is 138 Å². The van der Waals surface area contributed by atoms with Crippen LogP contribution in [-0.4, -0.2) is 53.2 Å². The van der Waals surface area contributed by atoms with Gasteiger partial charge in [-0.1, -0.05) is 36.6 Å². The molecule has 4 heteroatoms. The molecule has 0 unspecified atom stereocenters. The lowest BCUT2D eigenvalue weighted by Crippen LogP contribution is -2.55. The van der Waals surface area contributed by atoms with Crippen LogP contribution < -0.4 is 0 Å². The summed E-state index contributed by atoms with van der Waals surface area (Å²) in [7, 11) is 0. The van der Waals surface area contributed by atoms with Crippen molar-refractivity contribution in [1.29, 1.82) is 0 Å². The summed E-state index contributed by atoms with van der Waals surface area (Å²) >= 11 is 5.96. The smallest absolute Gasteiger partial charge is 0.0446 e. The lowest BCUT2D eigenvalue weighted by atomic mass is 10.0. The first-order valence-electron chi connectivity index (χ1n) is 8.59. The van der Waals surface area contributed by atoms with E-state index in [4.69, 9.17) is 11.6 Å².